The largest absolute Gasteiger partial charge is 0.494 e. The fourth-order valence-corrected chi connectivity index (χ4v) is 3.59. The van der Waals surface area contributed by atoms with E-state index in [2.05, 4.69) is 15.0 Å². The molecule has 3 aromatic carbocycles. The first kappa shape index (κ1) is 17.6. The number of nitrogens with zero attached hydrogens (tertiary/aromatic N) is 1. The molecule has 0 spiro atoms. The molecule has 0 aliphatic carbocycles. The van der Waals surface area contributed by atoms with Crippen LogP contribution in [0, 0.1) is 0 Å². The maximum absolute atomic E-state index is 6.12. The van der Waals surface area contributed by atoms with Gasteiger partial charge >= 0.3 is 0 Å². The summed E-state index contributed by atoms with van der Waals surface area (Å²) in [6.07, 6.45) is 0. The van der Waals surface area contributed by atoms with Gasteiger partial charge in [-0.1, -0.05) is 41.9 Å². The van der Waals surface area contributed by atoms with Crippen LogP contribution in [-0.4, -0.2) is 13.1 Å². The van der Waals surface area contributed by atoms with Gasteiger partial charge in [-0.3, -0.25) is 4.72 Å². The van der Waals surface area contributed by atoms with E-state index in [4.69, 9.17) is 21.1 Å². The molecular weight excluding hydrogens is 382 g/mol. The fraction of sp³-hybridized carbons (Fsp3) is 0.0500. The topological polar surface area (TPSA) is 54.9 Å². The quantitative estimate of drug-likeness (QED) is 0.541. The molecule has 1 heterocycles. The van der Waals surface area contributed by atoms with Crippen LogP contribution >= 0.6 is 23.5 Å². The van der Waals surface area contributed by atoms with Crippen molar-refractivity contribution in [1.29, 1.82) is 0 Å². The maximum atomic E-state index is 6.12. The minimum absolute atomic E-state index is 0.581. The Morgan fingerprint density at radius 3 is 2.59 bits per heavy atom. The minimum atomic E-state index is 0.581. The molecule has 5 nitrogen and oxygen atoms in total. The highest BCUT2D eigenvalue weighted by molar-refractivity contribution is 7.98. The number of hydrogen-bond donors (Lipinski definition) is 2. The van der Waals surface area contributed by atoms with Crippen molar-refractivity contribution in [2.75, 3.05) is 12.4 Å². The van der Waals surface area contributed by atoms with Crippen molar-refractivity contribution in [3.05, 3.63) is 71.8 Å². The molecule has 1 aliphatic heterocycles. The van der Waals surface area contributed by atoms with Crippen molar-refractivity contribution in [3.63, 3.8) is 0 Å². The molecule has 0 atom stereocenters. The Balaban J connectivity index is 1.62. The summed E-state index contributed by atoms with van der Waals surface area (Å²) in [6.45, 7) is 0. The average Bonchev–Trinajstić information content (AvgIpc) is 2.70. The zero-order valence-electron chi connectivity index (χ0n) is 14.4. The van der Waals surface area contributed by atoms with Crippen LogP contribution in [0.2, 0.25) is 5.02 Å². The van der Waals surface area contributed by atoms with E-state index in [0.717, 1.165) is 22.0 Å². The zero-order valence-corrected chi connectivity index (χ0v) is 16.0. The third-order valence-electron chi connectivity index (χ3n) is 3.82. The van der Waals surface area contributed by atoms with E-state index in [9.17, 15) is 0 Å². The predicted molar refractivity (Wildman–Crippen MR) is 111 cm³/mol. The average molecular weight is 398 g/mol. The van der Waals surface area contributed by atoms with Gasteiger partial charge in [0, 0.05) is 11.1 Å². The smallest absolute Gasteiger partial charge is 0.211 e. The van der Waals surface area contributed by atoms with Gasteiger partial charge in [0.25, 0.3) is 0 Å². The van der Waals surface area contributed by atoms with E-state index in [1.165, 1.54) is 11.9 Å². The number of para-hydroxylation sites is 3. The molecule has 3 aromatic rings. The second-order valence-corrected chi connectivity index (χ2v) is 6.94. The van der Waals surface area contributed by atoms with Gasteiger partial charge in [-0.25, -0.2) is 4.99 Å². The summed E-state index contributed by atoms with van der Waals surface area (Å²) in [5, 5.41) is 3.89. The second-order valence-electron chi connectivity index (χ2n) is 5.66. The maximum Gasteiger partial charge on any atom is 0.211 e. The molecule has 0 bridgehead atoms. The number of aliphatic imine (C=N–C) groups is 1. The van der Waals surface area contributed by atoms with E-state index in [-0.39, 0.29) is 0 Å². The molecule has 0 fully saturated rings. The van der Waals surface area contributed by atoms with Crippen LogP contribution in [0.3, 0.4) is 0 Å². The molecule has 0 amide bonds. The van der Waals surface area contributed by atoms with Crippen LogP contribution in [-0.2, 0) is 0 Å². The van der Waals surface area contributed by atoms with E-state index >= 15 is 0 Å². The molecule has 0 radical (unpaired) electrons. The molecule has 27 heavy (non-hydrogen) atoms. The number of hydrogen-bond acceptors (Lipinski definition) is 6. The molecule has 2 N–H and O–H groups in total. The first-order valence-corrected chi connectivity index (χ1v) is 9.40. The number of benzene rings is 3. The predicted octanol–water partition coefficient (Wildman–Crippen LogP) is 5.85. The first-order valence-electron chi connectivity index (χ1n) is 8.21. The zero-order chi connectivity index (χ0) is 18.6. The molecule has 0 unspecified atom stereocenters. The van der Waals surface area contributed by atoms with Crippen LogP contribution in [0.25, 0.3) is 0 Å². The highest BCUT2D eigenvalue weighted by atomic mass is 35.5. The highest BCUT2D eigenvalue weighted by Crippen LogP contribution is 2.42. The molecule has 1 aliphatic rings. The number of ether oxygens (including phenoxy) is 2. The molecule has 0 aromatic heterocycles. The van der Waals surface area contributed by atoms with Gasteiger partial charge in [-0.15, -0.1) is 0 Å². The lowest BCUT2D eigenvalue weighted by Gasteiger charge is -2.20. The van der Waals surface area contributed by atoms with Crippen LogP contribution in [0.5, 0.6) is 17.2 Å². The summed E-state index contributed by atoms with van der Waals surface area (Å²) in [7, 11) is 1.60. The Labute approximate surface area is 166 Å². The van der Waals surface area contributed by atoms with Crippen molar-refractivity contribution in [2.45, 2.75) is 4.90 Å². The number of halogens is 1. The monoisotopic (exact) mass is 397 g/mol. The molecule has 0 saturated heterocycles. The lowest BCUT2D eigenvalue weighted by atomic mass is 10.3. The summed E-state index contributed by atoms with van der Waals surface area (Å²) in [5.74, 6) is 2.67. The number of methoxy groups -OCH3 is 1. The van der Waals surface area contributed by atoms with E-state index in [1.807, 2.05) is 60.7 Å². The number of anilines is 1. The number of fused-ring (bicyclic) bond motifs is 1. The van der Waals surface area contributed by atoms with Crippen LogP contribution in [0.15, 0.2) is 76.6 Å². The summed E-state index contributed by atoms with van der Waals surface area (Å²) in [5.41, 5.74) is 1.53. The standard InChI is InChI=1S/C20H16ClN3O2S/c1-25-17-11-13(21)12-18-19(17)23-20(24-27-18)22-15-9-5-6-10-16(15)26-14-7-3-2-4-8-14/h2-12H,1H3,(H2,22,23,24). The Hall–Kier alpha value is -2.83. The number of nitrogens with one attached hydrogen (secondary N) is 2. The SMILES string of the molecule is COc1cc(Cl)cc2c1N=C(Nc1ccccc1Oc1ccccc1)NS2. The van der Waals surface area contributed by atoms with E-state index < -0.39 is 0 Å². The van der Waals surface area contributed by atoms with Gasteiger partial charge < -0.3 is 14.8 Å². The highest BCUT2D eigenvalue weighted by Gasteiger charge is 2.18. The number of guanidine groups is 1. The summed E-state index contributed by atoms with van der Waals surface area (Å²) >= 11 is 7.54. The minimum Gasteiger partial charge on any atom is -0.494 e. The Morgan fingerprint density at radius 1 is 1.00 bits per heavy atom. The van der Waals surface area contributed by atoms with Gasteiger partial charge in [0.1, 0.15) is 17.2 Å². The van der Waals surface area contributed by atoms with Crippen molar-refractivity contribution in [3.8, 4) is 17.2 Å². The van der Waals surface area contributed by atoms with Crippen LogP contribution < -0.4 is 19.5 Å². The van der Waals surface area contributed by atoms with Crippen molar-refractivity contribution >= 4 is 40.9 Å². The van der Waals surface area contributed by atoms with Crippen molar-refractivity contribution < 1.29 is 9.47 Å². The van der Waals surface area contributed by atoms with E-state index in [0.29, 0.717) is 22.5 Å². The summed E-state index contributed by atoms with van der Waals surface area (Å²) in [4.78, 5) is 5.54. The van der Waals surface area contributed by atoms with Crippen molar-refractivity contribution in [1.82, 2.24) is 4.72 Å². The normalized spacial score (nSPS) is 12.4. The van der Waals surface area contributed by atoms with Gasteiger partial charge in [0.05, 0.1) is 17.7 Å². The second kappa shape index (κ2) is 7.82. The van der Waals surface area contributed by atoms with Gasteiger partial charge in [-0.05, 0) is 42.3 Å². The third kappa shape index (κ3) is 3.97. The summed E-state index contributed by atoms with van der Waals surface area (Å²) in [6, 6.07) is 20.9. The molecular formula is C20H16ClN3O2S. The Kier molecular flexibility index (Phi) is 5.09. The molecule has 136 valence electrons. The molecule has 0 saturated carbocycles. The van der Waals surface area contributed by atoms with Gasteiger partial charge in [0.2, 0.25) is 5.96 Å². The third-order valence-corrected chi connectivity index (χ3v) is 4.86. The number of rotatable bonds is 4. The Bertz CT molecular complexity index is 996. The lowest BCUT2D eigenvalue weighted by molar-refractivity contribution is 0.415. The molecule has 4 rings (SSSR count). The van der Waals surface area contributed by atoms with Crippen LogP contribution in [0.4, 0.5) is 11.4 Å². The van der Waals surface area contributed by atoms with Crippen molar-refractivity contribution in [2.24, 2.45) is 4.99 Å². The fourth-order valence-electron chi connectivity index (χ4n) is 2.59. The van der Waals surface area contributed by atoms with Crippen LogP contribution in [0.1, 0.15) is 0 Å². The van der Waals surface area contributed by atoms with Gasteiger partial charge in [0.15, 0.2) is 5.75 Å². The Morgan fingerprint density at radius 2 is 1.78 bits per heavy atom. The molecule has 7 heteroatoms. The first-order chi connectivity index (χ1) is 13.2. The van der Waals surface area contributed by atoms with Gasteiger partial charge in [-0.2, -0.15) is 0 Å². The summed E-state index contributed by atoms with van der Waals surface area (Å²) < 4.78 is 14.6. The lowest BCUT2D eigenvalue weighted by Crippen LogP contribution is -2.27. The van der Waals surface area contributed by atoms with E-state index in [1.54, 1.807) is 13.2 Å².